The lowest BCUT2D eigenvalue weighted by molar-refractivity contribution is 0.563. The normalized spacial score (nSPS) is 6.25. The van der Waals surface area contributed by atoms with Gasteiger partial charge in [0.1, 0.15) is 0 Å². The van der Waals surface area contributed by atoms with Gasteiger partial charge in [-0.05, 0) is 0 Å². The van der Waals surface area contributed by atoms with Crippen LogP contribution < -0.4 is 0 Å². The first-order chi connectivity index (χ1) is 2.91. The lowest BCUT2D eigenvalue weighted by atomic mass is 11.7. The molecule has 0 spiro atoms. The molecule has 0 aromatic carbocycles. The fraction of sp³-hybridized carbons (Fsp3) is 0.500. The SMILES string of the molecule is [2H]C.[2H]N=C=O. The number of isocyanates is 1. The second kappa shape index (κ2) is 31.4. The predicted octanol–water partition coefficient (Wildman–Crippen LogP) is 0.537. The Morgan fingerprint density at radius 2 is 2.75 bits per heavy atom. The van der Waals surface area contributed by atoms with Gasteiger partial charge in [-0.3, -0.25) is 0 Å². The van der Waals surface area contributed by atoms with E-state index in [-0.39, 0.29) is 0 Å². The third kappa shape index (κ3) is 0.518. The van der Waals surface area contributed by atoms with Crippen molar-refractivity contribution in [2.75, 3.05) is 0 Å². The third-order valence-corrected chi connectivity index (χ3v) is 0. The molecular weight excluding hydrogens is 54.0 g/mol. The van der Waals surface area contributed by atoms with Gasteiger partial charge in [0, 0.05) is 1.37 Å². The van der Waals surface area contributed by atoms with E-state index in [9.17, 15) is 0 Å². The number of hydrogen-bond donors (Lipinski definition) is 1. The molecular formula is C2H5NO. The second-order valence-corrected chi connectivity index (χ2v) is 0.0913. The van der Waals surface area contributed by atoms with E-state index in [4.69, 9.17) is 7.58 Å². The lowest BCUT2D eigenvalue weighted by Crippen LogP contribution is -1.16. The summed E-state index contributed by atoms with van der Waals surface area (Å²) < 4.78 is 11.4. The molecule has 0 radical (unpaired) electrons. The molecule has 0 aliphatic heterocycles. The zero-order chi connectivity index (χ0) is 5.41. The van der Waals surface area contributed by atoms with Gasteiger partial charge in [-0.2, -0.15) is 0 Å². The molecule has 0 aromatic rings. The van der Waals surface area contributed by atoms with E-state index in [2.05, 4.69) is 5.40 Å². The molecule has 24 valence electrons. The first-order valence-electron chi connectivity index (χ1n) is 1.87. The van der Waals surface area contributed by atoms with E-state index in [1.54, 1.807) is 0 Å². The lowest BCUT2D eigenvalue weighted by Gasteiger charge is -1.02. The highest BCUT2D eigenvalue weighted by atomic mass is 16.1. The van der Waals surface area contributed by atoms with E-state index < -0.39 is 0 Å². The molecule has 0 saturated heterocycles. The van der Waals surface area contributed by atoms with Crippen molar-refractivity contribution in [3.05, 3.63) is 0 Å². The van der Waals surface area contributed by atoms with Gasteiger partial charge in [-0.1, -0.05) is 7.40 Å². The molecule has 0 aromatic heterocycles. The number of rotatable bonds is 0. The summed E-state index contributed by atoms with van der Waals surface area (Å²) in [5.41, 5.74) is 0. The smallest absolute Gasteiger partial charge is 0.222 e. The molecule has 0 aliphatic carbocycles. The second-order valence-electron chi connectivity index (χ2n) is 0.0913. The van der Waals surface area contributed by atoms with Crippen LogP contribution in [0.4, 0.5) is 0 Å². The predicted molar refractivity (Wildman–Crippen MR) is 15.1 cm³/mol. The first-order valence-corrected chi connectivity index (χ1v) is 0.428. The molecule has 4 heavy (non-hydrogen) atoms. The fourth-order valence-electron chi connectivity index (χ4n) is 0. The zero-order valence-electron chi connectivity index (χ0n) is 4.36. The van der Waals surface area contributed by atoms with Crippen LogP contribution in [-0.2, 0) is 4.79 Å². The van der Waals surface area contributed by atoms with Crippen molar-refractivity contribution >= 4 is 6.08 Å². The first kappa shape index (κ1) is 1.68. The van der Waals surface area contributed by atoms with Crippen LogP contribution in [0.15, 0.2) is 0 Å². The van der Waals surface area contributed by atoms with Crippen molar-refractivity contribution in [2.24, 2.45) is 0 Å². The van der Waals surface area contributed by atoms with E-state index in [0.717, 1.165) is 6.08 Å². The van der Waals surface area contributed by atoms with Crippen LogP contribution in [0, 0.1) is 5.40 Å². The summed E-state index contributed by atoms with van der Waals surface area (Å²) >= 11 is 0. The van der Waals surface area contributed by atoms with Gasteiger partial charge < -0.3 is 0 Å². The molecule has 2 nitrogen and oxygen atoms in total. The Bertz CT molecular complexity index is 49.5. The highest BCUT2D eigenvalue weighted by Gasteiger charge is 1.03. The Kier molecular flexibility index (Phi) is 13.2. The van der Waals surface area contributed by atoms with Crippen molar-refractivity contribution in [1.29, 1.82) is 5.40 Å². The van der Waals surface area contributed by atoms with Gasteiger partial charge in [0.2, 0.25) is 7.49 Å². The van der Waals surface area contributed by atoms with Crippen molar-refractivity contribution < 1.29 is 7.58 Å². The summed E-state index contributed by atoms with van der Waals surface area (Å²) in [5.74, 6) is 0. The minimum atomic E-state index is 0.972. The maximum atomic E-state index is 8.69. The highest BCUT2D eigenvalue weighted by molar-refractivity contribution is 5.26. The maximum absolute atomic E-state index is 8.69. The number of hydrogen-bond acceptors (Lipinski definition) is 2. The van der Waals surface area contributed by atoms with Crippen molar-refractivity contribution in [3.63, 3.8) is 0 Å². The van der Waals surface area contributed by atoms with Gasteiger partial charge in [0.25, 0.3) is 0 Å². The number of nitrogens with one attached hydrogen (secondary N) is 1. The summed E-state index contributed by atoms with van der Waals surface area (Å²) in [6.45, 7) is 0. The van der Waals surface area contributed by atoms with E-state index in [1.807, 2.05) is 0 Å². The van der Waals surface area contributed by atoms with Crippen molar-refractivity contribution in [2.45, 2.75) is 7.40 Å². The molecule has 0 bridgehead atoms. The topological polar surface area (TPSA) is 40.9 Å². The van der Waals surface area contributed by atoms with Gasteiger partial charge in [-0.25, -0.2) is 10.2 Å². The van der Waals surface area contributed by atoms with Crippen molar-refractivity contribution in [1.82, 2.24) is 0 Å². The van der Waals surface area contributed by atoms with Crippen LogP contribution in [-0.4, -0.2) is 6.08 Å². The maximum Gasteiger partial charge on any atom is 0.231 e. The molecule has 0 aliphatic rings. The Balaban J connectivity index is 0. The van der Waals surface area contributed by atoms with Gasteiger partial charge >= 0.3 is 0 Å². The van der Waals surface area contributed by atoms with Gasteiger partial charge in [-0.15, -0.1) is 0 Å². The van der Waals surface area contributed by atoms with Crippen LogP contribution in [0.1, 0.15) is 8.77 Å². The summed E-state index contributed by atoms with van der Waals surface area (Å²) in [7, 11) is 1.25. The molecule has 0 atom stereocenters. The van der Waals surface area contributed by atoms with Crippen LogP contribution in [0.5, 0.6) is 0 Å². The summed E-state index contributed by atoms with van der Waals surface area (Å²) in [6.07, 6.45) is 0.972. The summed E-state index contributed by atoms with van der Waals surface area (Å²) in [4.78, 5) is 8.69. The minimum Gasteiger partial charge on any atom is -0.222 e. The third-order valence-electron chi connectivity index (χ3n) is 0. The molecule has 0 amide bonds. The average molecular weight is 61.1 g/mol. The molecule has 0 heterocycles. The van der Waals surface area contributed by atoms with E-state index in [0.29, 0.717) is 0 Å². The summed E-state index contributed by atoms with van der Waals surface area (Å²) in [5, 5.41) is 2.18. The van der Waals surface area contributed by atoms with E-state index >= 15 is 0 Å². The quantitative estimate of drug-likeness (QED) is 0.322. The Hall–Kier alpha value is -0.620. The molecule has 1 N–H and O–H groups in total. The average Bonchev–Trinajstić information content (AvgIpc) is 1.72. The van der Waals surface area contributed by atoms with Gasteiger partial charge in [0.05, 0.1) is 0 Å². The molecule has 0 unspecified atom stereocenters. The zero-order valence-corrected chi connectivity index (χ0v) is 2.36. The number of carbonyl (C=O) groups excluding carboxylic acids is 1. The van der Waals surface area contributed by atoms with Crippen LogP contribution in [0.2, 0.25) is 1.41 Å². The monoisotopic (exact) mass is 61.0 g/mol. The van der Waals surface area contributed by atoms with Crippen LogP contribution >= 0.6 is 0 Å². The molecule has 2 heteroatoms. The highest BCUT2D eigenvalue weighted by Crippen LogP contribution is 0.868. The van der Waals surface area contributed by atoms with Crippen LogP contribution in [0.25, 0.3) is 0 Å². The molecule has 0 fully saturated rings. The largest absolute Gasteiger partial charge is 0.231 e. The Morgan fingerprint density at radius 1 is 2.50 bits per heavy atom. The van der Waals surface area contributed by atoms with Crippen molar-refractivity contribution in [3.8, 4) is 0 Å². The Labute approximate surface area is 27.8 Å². The molecule has 0 saturated carbocycles. The van der Waals surface area contributed by atoms with Crippen LogP contribution in [0.3, 0.4) is 0 Å². The minimum absolute atomic E-state index is 0.972. The summed E-state index contributed by atoms with van der Waals surface area (Å²) in [6, 6.07) is 0. The standard InChI is InChI=1S/CHNO.CH4/c2-1-3;/h2H;1H4/i;1D/hD. The molecule has 0 rings (SSSR count). The van der Waals surface area contributed by atoms with E-state index in [1.165, 1.54) is 7.40 Å². The fourth-order valence-corrected chi connectivity index (χ4v) is 0. The van der Waals surface area contributed by atoms with Gasteiger partial charge in [0.15, 0.2) is 0 Å². The Morgan fingerprint density at radius 3 is 2.75 bits per heavy atom.